The molecule has 0 aliphatic heterocycles. The SMILES string of the molecule is CC.CCCc1cc(-c2ccccc2)cs1. The number of rotatable bonds is 3. The summed E-state index contributed by atoms with van der Waals surface area (Å²) in [7, 11) is 0. The van der Waals surface area contributed by atoms with Gasteiger partial charge in [0.15, 0.2) is 0 Å². The minimum Gasteiger partial charge on any atom is -0.148 e. The van der Waals surface area contributed by atoms with E-state index in [4.69, 9.17) is 0 Å². The first-order chi connectivity index (χ1) is 7.90. The van der Waals surface area contributed by atoms with Gasteiger partial charge in [0.1, 0.15) is 0 Å². The molecule has 0 atom stereocenters. The Kier molecular flexibility index (Phi) is 5.87. The van der Waals surface area contributed by atoms with Crippen LogP contribution in [0.4, 0.5) is 0 Å². The third-order valence-corrected chi connectivity index (χ3v) is 3.25. The minimum absolute atomic E-state index is 1.21. The highest BCUT2D eigenvalue weighted by molar-refractivity contribution is 7.10. The van der Waals surface area contributed by atoms with Gasteiger partial charge in [-0.25, -0.2) is 0 Å². The Morgan fingerprint density at radius 3 is 2.31 bits per heavy atom. The van der Waals surface area contributed by atoms with Crippen LogP contribution in [-0.4, -0.2) is 0 Å². The number of hydrogen-bond acceptors (Lipinski definition) is 1. The number of benzene rings is 1. The Morgan fingerprint density at radius 1 is 1.00 bits per heavy atom. The van der Waals surface area contributed by atoms with Crippen molar-refractivity contribution in [1.82, 2.24) is 0 Å². The topological polar surface area (TPSA) is 0 Å². The van der Waals surface area contributed by atoms with E-state index in [1.807, 2.05) is 25.2 Å². The summed E-state index contributed by atoms with van der Waals surface area (Å²) in [6, 6.07) is 12.9. The number of aryl methyl sites for hydroxylation is 1. The summed E-state index contributed by atoms with van der Waals surface area (Å²) in [6.45, 7) is 6.22. The van der Waals surface area contributed by atoms with E-state index >= 15 is 0 Å². The summed E-state index contributed by atoms with van der Waals surface area (Å²) in [5, 5.41) is 2.25. The third-order valence-electron chi connectivity index (χ3n) is 2.26. The van der Waals surface area contributed by atoms with Crippen LogP contribution in [0.5, 0.6) is 0 Å². The average Bonchev–Trinajstić information content (AvgIpc) is 2.82. The van der Waals surface area contributed by atoms with Crippen molar-refractivity contribution >= 4 is 11.3 Å². The number of hydrogen-bond donors (Lipinski definition) is 0. The Labute approximate surface area is 103 Å². The summed E-state index contributed by atoms with van der Waals surface area (Å²) >= 11 is 1.87. The number of thiophene rings is 1. The van der Waals surface area contributed by atoms with Gasteiger partial charge in [-0.3, -0.25) is 0 Å². The molecule has 0 bridgehead atoms. The van der Waals surface area contributed by atoms with Crippen molar-refractivity contribution in [2.45, 2.75) is 33.6 Å². The predicted molar refractivity (Wildman–Crippen MR) is 75.1 cm³/mol. The second-order valence-corrected chi connectivity index (χ2v) is 4.41. The van der Waals surface area contributed by atoms with Crippen molar-refractivity contribution in [3.05, 3.63) is 46.7 Å². The van der Waals surface area contributed by atoms with E-state index in [0.29, 0.717) is 0 Å². The van der Waals surface area contributed by atoms with Crippen molar-refractivity contribution in [2.24, 2.45) is 0 Å². The van der Waals surface area contributed by atoms with Gasteiger partial charge in [-0.2, -0.15) is 0 Å². The Hall–Kier alpha value is -1.08. The molecule has 0 saturated carbocycles. The maximum Gasteiger partial charge on any atom is 0.00515 e. The van der Waals surface area contributed by atoms with Crippen LogP contribution in [0.2, 0.25) is 0 Å². The predicted octanol–water partition coefficient (Wildman–Crippen LogP) is 5.39. The molecule has 0 aliphatic rings. The molecule has 0 radical (unpaired) electrons. The quantitative estimate of drug-likeness (QED) is 0.665. The van der Waals surface area contributed by atoms with Gasteiger partial charge in [0.05, 0.1) is 0 Å². The van der Waals surface area contributed by atoms with E-state index in [1.54, 1.807) is 0 Å². The maximum atomic E-state index is 2.31. The van der Waals surface area contributed by atoms with Crippen LogP contribution >= 0.6 is 11.3 Å². The lowest BCUT2D eigenvalue weighted by molar-refractivity contribution is 0.940. The smallest absolute Gasteiger partial charge is 0.00515 e. The zero-order valence-corrected chi connectivity index (χ0v) is 11.2. The van der Waals surface area contributed by atoms with Crippen LogP contribution < -0.4 is 0 Å². The Morgan fingerprint density at radius 2 is 1.69 bits per heavy atom. The first kappa shape index (κ1) is 13.0. The molecule has 86 valence electrons. The maximum absolute atomic E-state index is 2.31. The normalized spacial score (nSPS) is 9.44. The summed E-state index contributed by atoms with van der Waals surface area (Å²) in [5.74, 6) is 0. The lowest BCUT2D eigenvalue weighted by Crippen LogP contribution is -1.74. The van der Waals surface area contributed by atoms with Gasteiger partial charge in [-0.05, 0) is 29.0 Å². The highest BCUT2D eigenvalue weighted by Gasteiger charge is 2.00. The lowest BCUT2D eigenvalue weighted by Gasteiger charge is -1.94. The molecule has 0 amide bonds. The largest absolute Gasteiger partial charge is 0.148 e. The van der Waals surface area contributed by atoms with E-state index in [-0.39, 0.29) is 0 Å². The van der Waals surface area contributed by atoms with Crippen LogP contribution in [0.1, 0.15) is 32.1 Å². The third kappa shape index (κ3) is 3.49. The van der Waals surface area contributed by atoms with Gasteiger partial charge in [0.25, 0.3) is 0 Å². The van der Waals surface area contributed by atoms with Crippen LogP contribution in [0.3, 0.4) is 0 Å². The second-order valence-electron chi connectivity index (χ2n) is 3.42. The summed E-state index contributed by atoms with van der Waals surface area (Å²) < 4.78 is 0. The molecule has 0 aliphatic carbocycles. The molecule has 2 aromatic rings. The van der Waals surface area contributed by atoms with Crippen molar-refractivity contribution in [3.8, 4) is 11.1 Å². The van der Waals surface area contributed by atoms with Gasteiger partial charge in [0, 0.05) is 4.88 Å². The summed E-state index contributed by atoms with van der Waals surface area (Å²) in [4.78, 5) is 1.49. The molecule has 0 spiro atoms. The standard InChI is InChI=1S/C13H14S.C2H6/c1-2-6-13-9-12(10-14-13)11-7-4-3-5-8-11;1-2/h3-5,7-10H,2,6H2,1H3;1-2H3. The monoisotopic (exact) mass is 232 g/mol. The van der Waals surface area contributed by atoms with Crippen LogP contribution in [0.15, 0.2) is 41.8 Å². The lowest BCUT2D eigenvalue weighted by atomic mass is 10.1. The molecule has 2 rings (SSSR count). The van der Waals surface area contributed by atoms with Crippen molar-refractivity contribution < 1.29 is 0 Å². The molecular formula is C15H20S. The van der Waals surface area contributed by atoms with Crippen LogP contribution in [0.25, 0.3) is 11.1 Å². The van der Waals surface area contributed by atoms with E-state index in [1.165, 1.54) is 28.8 Å². The van der Waals surface area contributed by atoms with Gasteiger partial charge in [-0.1, -0.05) is 57.5 Å². The minimum atomic E-state index is 1.21. The molecular weight excluding hydrogens is 212 g/mol. The van der Waals surface area contributed by atoms with Gasteiger partial charge in [0.2, 0.25) is 0 Å². The van der Waals surface area contributed by atoms with Crippen LogP contribution in [0, 0.1) is 0 Å². The summed E-state index contributed by atoms with van der Waals surface area (Å²) in [6.07, 6.45) is 2.44. The molecule has 16 heavy (non-hydrogen) atoms. The second kappa shape index (κ2) is 7.24. The van der Waals surface area contributed by atoms with Gasteiger partial charge < -0.3 is 0 Å². The summed E-state index contributed by atoms with van der Waals surface area (Å²) in [5.41, 5.74) is 2.69. The van der Waals surface area contributed by atoms with Gasteiger partial charge >= 0.3 is 0 Å². The molecule has 1 aromatic carbocycles. The van der Waals surface area contributed by atoms with E-state index in [2.05, 4.69) is 48.7 Å². The fourth-order valence-electron chi connectivity index (χ4n) is 1.54. The molecule has 1 heteroatoms. The first-order valence-corrected chi connectivity index (χ1v) is 6.91. The zero-order valence-electron chi connectivity index (χ0n) is 10.4. The van der Waals surface area contributed by atoms with Crippen molar-refractivity contribution in [2.75, 3.05) is 0 Å². The Balaban J connectivity index is 0.000000606. The van der Waals surface area contributed by atoms with E-state index < -0.39 is 0 Å². The molecule has 1 aromatic heterocycles. The molecule has 0 fully saturated rings. The highest BCUT2D eigenvalue weighted by Crippen LogP contribution is 2.25. The zero-order chi connectivity index (χ0) is 11.8. The van der Waals surface area contributed by atoms with Crippen molar-refractivity contribution in [3.63, 3.8) is 0 Å². The average molecular weight is 232 g/mol. The fourth-order valence-corrected chi connectivity index (χ4v) is 2.54. The first-order valence-electron chi connectivity index (χ1n) is 6.03. The van der Waals surface area contributed by atoms with Gasteiger partial charge in [-0.15, -0.1) is 11.3 Å². The Bertz CT molecular complexity index is 387. The molecule has 0 nitrogen and oxygen atoms in total. The molecule has 0 N–H and O–H groups in total. The molecule has 0 unspecified atom stereocenters. The molecule has 0 saturated heterocycles. The van der Waals surface area contributed by atoms with E-state index in [9.17, 15) is 0 Å². The fraction of sp³-hybridized carbons (Fsp3) is 0.333. The molecule has 1 heterocycles. The van der Waals surface area contributed by atoms with E-state index in [0.717, 1.165) is 0 Å². The highest BCUT2D eigenvalue weighted by atomic mass is 32.1. The van der Waals surface area contributed by atoms with Crippen LogP contribution in [-0.2, 0) is 6.42 Å². The van der Waals surface area contributed by atoms with Crippen molar-refractivity contribution in [1.29, 1.82) is 0 Å².